The molecule has 0 bridgehead atoms. The number of hydrogen-bond acceptors (Lipinski definition) is 3. The summed E-state index contributed by atoms with van der Waals surface area (Å²) in [6.07, 6.45) is 2.16. The van der Waals surface area contributed by atoms with Gasteiger partial charge in [-0.3, -0.25) is 0 Å². The summed E-state index contributed by atoms with van der Waals surface area (Å²) >= 11 is 0. The van der Waals surface area contributed by atoms with Crippen LogP contribution in [0.2, 0.25) is 0 Å². The molecule has 2 rings (SSSR count). The third-order valence-electron chi connectivity index (χ3n) is 3.77. The van der Waals surface area contributed by atoms with E-state index < -0.39 is 0 Å². The smallest absolute Gasteiger partial charge is 0.320 e. The summed E-state index contributed by atoms with van der Waals surface area (Å²) in [6, 6.07) is 0.631. The molecule has 5 heteroatoms. The van der Waals surface area contributed by atoms with Crippen molar-refractivity contribution in [2.24, 2.45) is 0 Å². The zero-order valence-electron chi connectivity index (χ0n) is 12.4. The van der Waals surface area contributed by atoms with Crippen molar-refractivity contribution in [3.8, 4) is 0 Å². The fraction of sp³-hybridized carbons (Fsp3) is 0.929. The van der Waals surface area contributed by atoms with Crippen LogP contribution in [0.15, 0.2) is 0 Å². The SMILES string of the molecule is CC(C)(C)OCCN1CCN(C2CCNCC2)C1=O. The second-order valence-corrected chi connectivity index (χ2v) is 6.41. The van der Waals surface area contributed by atoms with E-state index in [0.29, 0.717) is 19.2 Å². The first-order valence-corrected chi connectivity index (χ1v) is 7.37. The Morgan fingerprint density at radius 1 is 1.26 bits per heavy atom. The van der Waals surface area contributed by atoms with Crippen molar-refractivity contribution in [3.63, 3.8) is 0 Å². The van der Waals surface area contributed by atoms with Gasteiger partial charge in [0.2, 0.25) is 0 Å². The third-order valence-corrected chi connectivity index (χ3v) is 3.77. The molecule has 0 aromatic rings. The maximum Gasteiger partial charge on any atom is 0.320 e. The van der Waals surface area contributed by atoms with Crippen LogP contribution >= 0.6 is 0 Å². The molecule has 0 aliphatic carbocycles. The Labute approximate surface area is 116 Å². The molecule has 5 nitrogen and oxygen atoms in total. The standard InChI is InChI=1S/C14H27N3O2/c1-14(2,3)19-11-10-16-8-9-17(13(16)18)12-4-6-15-7-5-12/h12,15H,4-11H2,1-3H3. The van der Waals surface area contributed by atoms with E-state index >= 15 is 0 Å². The van der Waals surface area contributed by atoms with Gasteiger partial charge >= 0.3 is 6.03 Å². The van der Waals surface area contributed by atoms with Gasteiger partial charge in [-0.25, -0.2) is 4.79 Å². The van der Waals surface area contributed by atoms with Crippen molar-refractivity contribution in [2.75, 3.05) is 39.3 Å². The van der Waals surface area contributed by atoms with Crippen LogP contribution in [0.4, 0.5) is 4.79 Å². The molecule has 0 aromatic heterocycles. The average molecular weight is 269 g/mol. The maximum atomic E-state index is 12.3. The second kappa shape index (κ2) is 6.09. The molecule has 0 atom stereocenters. The number of carbonyl (C=O) groups is 1. The summed E-state index contributed by atoms with van der Waals surface area (Å²) in [5.41, 5.74) is -0.127. The molecule has 2 aliphatic heterocycles. The minimum Gasteiger partial charge on any atom is -0.374 e. The summed E-state index contributed by atoms with van der Waals surface area (Å²) < 4.78 is 5.70. The van der Waals surface area contributed by atoms with E-state index in [-0.39, 0.29) is 11.6 Å². The number of piperidine rings is 1. The molecule has 0 aromatic carbocycles. The van der Waals surface area contributed by atoms with Gasteiger partial charge in [-0.1, -0.05) is 0 Å². The average Bonchev–Trinajstić information content (AvgIpc) is 2.71. The number of nitrogens with zero attached hydrogens (tertiary/aromatic N) is 2. The van der Waals surface area contributed by atoms with Crippen molar-refractivity contribution in [2.45, 2.75) is 45.3 Å². The molecule has 0 saturated carbocycles. The molecular weight excluding hydrogens is 242 g/mol. The van der Waals surface area contributed by atoms with Crippen molar-refractivity contribution in [1.82, 2.24) is 15.1 Å². The Morgan fingerprint density at radius 3 is 2.58 bits per heavy atom. The van der Waals surface area contributed by atoms with E-state index in [2.05, 4.69) is 10.2 Å². The van der Waals surface area contributed by atoms with Gasteiger partial charge in [0, 0.05) is 25.7 Å². The Hall–Kier alpha value is -0.810. The maximum absolute atomic E-state index is 12.3. The van der Waals surface area contributed by atoms with E-state index in [9.17, 15) is 4.79 Å². The molecule has 0 radical (unpaired) electrons. The Bertz CT molecular complexity index is 308. The number of carbonyl (C=O) groups excluding carboxylic acids is 1. The van der Waals surface area contributed by atoms with Crippen LogP contribution < -0.4 is 5.32 Å². The van der Waals surface area contributed by atoms with Crippen molar-refractivity contribution in [1.29, 1.82) is 0 Å². The van der Waals surface area contributed by atoms with Crippen LogP contribution in [-0.2, 0) is 4.74 Å². The number of urea groups is 1. The lowest BCUT2D eigenvalue weighted by atomic mass is 10.1. The van der Waals surface area contributed by atoms with E-state index in [4.69, 9.17) is 4.74 Å². The van der Waals surface area contributed by atoms with Gasteiger partial charge in [0.1, 0.15) is 0 Å². The van der Waals surface area contributed by atoms with Gasteiger partial charge in [-0.2, -0.15) is 0 Å². The predicted octanol–water partition coefficient (Wildman–Crippen LogP) is 1.29. The van der Waals surface area contributed by atoms with Crippen LogP contribution in [0, 0.1) is 0 Å². The molecule has 19 heavy (non-hydrogen) atoms. The highest BCUT2D eigenvalue weighted by molar-refractivity contribution is 5.76. The zero-order valence-corrected chi connectivity index (χ0v) is 12.4. The largest absolute Gasteiger partial charge is 0.374 e. The number of amides is 2. The third kappa shape index (κ3) is 4.08. The van der Waals surface area contributed by atoms with E-state index in [1.807, 2.05) is 25.7 Å². The fourth-order valence-corrected chi connectivity index (χ4v) is 2.73. The Balaban J connectivity index is 1.77. The van der Waals surface area contributed by atoms with Crippen LogP contribution in [0.25, 0.3) is 0 Å². The summed E-state index contributed by atoms with van der Waals surface area (Å²) in [5, 5.41) is 3.34. The highest BCUT2D eigenvalue weighted by Crippen LogP contribution is 2.18. The lowest BCUT2D eigenvalue weighted by Gasteiger charge is -2.31. The first-order valence-electron chi connectivity index (χ1n) is 7.37. The van der Waals surface area contributed by atoms with Crippen LogP contribution in [0.1, 0.15) is 33.6 Å². The first kappa shape index (κ1) is 14.6. The molecule has 0 unspecified atom stereocenters. The molecule has 1 N–H and O–H groups in total. The highest BCUT2D eigenvalue weighted by Gasteiger charge is 2.33. The van der Waals surface area contributed by atoms with Crippen LogP contribution in [0.5, 0.6) is 0 Å². The van der Waals surface area contributed by atoms with Gasteiger partial charge in [0.25, 0.3) is 0 Å². The summed E-state index contributed by atoms with van der Waals surface area (Å²) in [7, 11) is 0. The van der Waals surface area contributed by atoms with Crippen molar-refractivity contribution >= 4 is 6.03 Å². The minimum absolute atomic E-state index is 0.127. The summed E-state index contributed by atoms with van der Waals surface area (Å²) in [5.74, 6) is 0. The normalized spacial score (nSPS) is 22.4. The number of ether oxygens (including phenoxy) is 1. The molecule has 2 saturated heterocycles. The molecule has 0 spiro atoms. The molecule has 2 aliphatic rings. The van der Waals surface area contributed by atoms with Crippen molar-refractivity contribution in [3.05, 3.63) is 0 Å². The Kier molecular flexibility index (Phi) is 4.68. The summed E-state index contributed by atoms with van der Waals surface area (Å²) in [4.78, 5) is 16.3. The fourth-order valence-electron chi connectivity index (χ4n) is 2.73. The highest BCUT2D eigenvalue weighted by atomic mass is 16.5. The molecule has 110 valence electrons. The van der Waals surface area contributed by atoms with Gasteiger partial charge in [-0.15, -0.1) is 0 Å². The molecule has 2 heterocycles. The topological polar surface area (TPSA) is 44.8 Å². The van der Waals surface area contributed by atoms with E-state index in [1.54, 1.807) is 0 Å². The van der Waals surface area contributed by atoms with Crippen molar-refractivity contribution < 1.29 is 9.53 Å². The zero-order chi connectivity index (χ0) is 13.9. The van der Waals surface area contributed by atoms with Crippen LogP contribution in [-0.4, -0.2) is 66.8 Å². The van der Waals surface area contributed by atoms with E-state index in [1.165, 1.54) is 0 Å². The van der Waals surface area contributed by atoms with Gasteiger partial charge < -0.3 is 19.9 Å². The molecule has 2 amide bonds. The lowest BCUT2D eigenvalue weighted by Crippen LogP contribution is -2.45. The predicted molar refractivity (Wildman–Crippen MR) is 75.3 cm³/mol. The number of rotatable bonds is 4. The van der Waals surface area contributed by atoms with Gasteiger partial charge in [0.15, 0.2) is 0 Å². The Morgan fingerprint density at radius 2 is 1.95 bits per heavy atom. The summed E-state index contributed by atoms with van der Waals surface area (Å²) in [6.45, 7) is 11.2. The van der Waals surface area contributed by atoms with Crippen LogP contribution in [0.3, 0.4) is 0 Å². The minimum atomic E-state index is -0.127. The molecular formula is C14H27N3O2. The van der Waals surface area contributed by atoms with Gasteiger partial charge in [0.05, 0.1) is 12.2 Å². The number of hydrogen-bond donors (Lipinski definition) is 1. The second-order valence-electron chi connectivity index (χ2n) is 6.41. The number of nitrogens with one attached hydrogen (secondary N) is 1. The monoisotopic (exact) mass is 269 g/mol. The lowest BCUT2D eigenvalue weighted by molar-refractivity contribution is -0.00841. The molecule has 2 fully saturated rings. The van der Waals surface area contributed by atoms with E-state index in [0.717, 1.165) is 39.0 Å². The first-order chi connectivity index (χ1) is 8.97. The quantitative estimate of drug-likeness (QED) is 0.836. The van der Waals surface area contributed by atoms with Gasteiger partial charge in [-0.05, 0) is 46.7 Å².